The van der Waals surface area contributed by atoms with E-state index in [1.807, 2.05) is 0 Å². The molecule has 0 aliphatic rings. The third-order valence-corrected chi connectivity index (χ3v) is 0. The molecule has 0 aliphatic carbocycles. The Labute approximate surface area is 114 Å². The molecule has 34 valence electrons. The van der Waals surface area contributed by atoms with Gasteiger partial charge in [-0.25, -0.2) is 0 Å². The van der Waals surface area contributed by atoms with Gasteiger partial charge in [-0.05, 0) is 0 Å². The van der Waals surface area contributed by atoms with Crippen LogP contribution in [0.2, 0.25) is 0 Å². The molecular weight excluding hydrogens is 165 g/mol. The van der Waals surface area contributed by atoms with Crippen molar-refractivity contribution in [3.8, 4) is 0 Å². The summed E-state index contributed by atoms with van der Waals surface area (Å²) in [7, 11) is -5.17. The SMILES string of the molecule is O=S(=O)([O-])[O-].[Na+].[Na+].[NaH]. The molecule has 8 heavy (non-hydrogen) atoms. The van der Waals surface area contributed by atoms with Crippen LogP contribution in [0.1, 0.15) is 0 Å². The number of hydrogen-bond acceptors (Lipinski definition) is 4. The second-order valence-corrected chi connectivity index (χ2v) is 1.22. The van der Waals surface area contributed by atoms with Crippen LogP contribution in [0, 0.1) is 0 Å². The van der Waals surface area contributed by atoms with Crippen molar-refractivity contribution in [1.82, 2.24) is 0 Å². The Morgan fingerprint density at radius 1 is 1.00 bits per heavy atom. The average Bonchev–Trinajstić information content (AvgIpc) is 0.722. The summed E-state index contributed by atoms with van der Waals surface area (Å²) >= 11 is 0. The van der Waals surface area contributed by atoms with Crippen molar-refractivity contribution < 1.29 is 76.6 Å². The van der Waals surface area contributed by atoms with Crippen LogP contribution in [0.4, 0.5) is 0 Å². The molecule has 0 saturated carbocycles. The second kappa shape index (κ2) is 9.87. The van der Waals surface area contributed by atoms with E-state index in [0.29, 0.717) is 0 Å². The van der Waals surface area contributed by atoms with E-state index in [1.165, 1.54) is 0 Å². The first-order valence-electron chi connectivity index (χ1n) is 0.667. The molecule has 0 aromatic carbocycles. The van der Waals surface area contributed by atoms with Crippen LogP contribution in [0.5, 0.6) is 0 Å². The van der Waals surface area contributed by atoms with Gasteiger partial charge in [0.15, 0.2) is 0 Å². The molecule has 0 unspecified atom stereocenters. The maximum absolute atomic E-state index is 8.52. The van der Waals surface area contributed by atoms with E-state index in [4.69, 9.17) is 17.5 Å². The Kier molecular flexibility index (Phi) is 27.7. The van der Waals surface area contributed by atoms with E-state index in [1.54, 1.807) is 0 Å². The first kappa shape index (κ1) is 22.4. The average molecular weight is 166 g/mol. The van der Waals surface area contributed by atoms with Crippen molar-refractivity contribution >= 4 is 40.0 Å². The molecule has 0 radical (unpaired) electrons. The predicted molar refractivity (Wildman–Crippen MR) is 17.6 cm³/mol. The van der Waals surface area contributed by atoms with Crippen molar-refractivity contribution in [2.24, 2.45) is 0 Å². The number of hydrogen-bond donors (Lipinski definition) is 0. The van der Waals surface area contributed by atoms with Crippen molar-refractivity contribution in [2.75, 3.05) is 0 Å². The molecule has 0 N–H and O–H groups in total. The Hall–Kier alpha value is 2.87. The zero-order valence-electron chi connectivity index (χ0n) is 4.04. The van der Waals surface area contributed by atoms with Gasteiger partial charge in [0.1, 0.15) is 0 Å². The van der Waals surface area contributed by atoms with E-state index in [9.17, 15) is 0 Å². The molecule has 0 amide bonds. The molecular formula is HNa3O4S. The molecule has 0 heterocycles. The zero-order chi connectivity index (χ0) is 4.50. The van der Waals surface area contributed by atoms with Gasteiger partial charge in [0, 0.05) is 10.4 Å². The molecule has 4 nitrogen and oxygen atoms in total. The van der Waals surface area contributed by atoms with Gasteiger partial charge in [-0.15, -0.1) is 0 Å². The monoisotopic (exact) mass is 166 g/mol. The third-order valence-electron chi connectivity index (χ3n) is 0. The Balaban J connectivity index is -0.0000000267. The maximum atomic E-state index is 8.52. The van der Waals surface area contributed by atoms with E-state index in [2.05, 4.69) is 0 Å². The molecule has 0 aromatic rings. The minimum atomic E-state index is -5.17. The molecule has 0 saturated heterocycles. The Bertz CT molecular complexity index is 94.5. The van der Waals surface area contributed by atoms with Crippen LogP contribution < -0.4 is 59.1 Å². The van der Waals surface area contributed by atoms with Gasteiger partial charge in [-0.2, -0.15) is 0 Å². The summed E-state index contributed by atoms with van der Waals surface area (Å²) in [6, 6.07) is 0. The van der Waals surface area contributed by atoms with Crippen LogP contribution in [0.3, 0.4) is 0 Å². The molecule has 0 bridgehead atoms. The summed E-state index contributed by atoms with van der Waals surface area (Å²) in [5.41, 5.74) is 0. The van der Waals surface area contributed by atoms with Crippen LogP contribution >= 0.6 is 0 Å². The standard InChI is InChI=1S/3Na.H2O4S.H/c;;;1-5(2,3)4;/h;;;(H2,1,2,3,4);/q;2*+1;;/p-2. The van der Waals surface area contributed by atoms with Gasteiger partial charge < -0.3 is 9.11 Å². The van der Waals surface area contributed by atoms with Crippen LogP contribution in [-0.2, 0) is 10.4 Å². The number of rotatable bonds is 0. The van der Waals surface area contributed by atoms with E-state index < -0.39 is 10.4 Å². The first-order chi connectivity index (χ1) is 2.00. The van der Waals surface area contributed by atoms with Gasteiger partial charge in [-0.1, -0.05) is 0 Å². The summed E-state index contributed by atoms with van der Waals surface area (Å²) < 4.78 is 34.1. The minimum absolute atomic E-state index is 0. The van der Waals surface area contributed by atoms with E-state index >= 15 is 0 Å². The van der Waals surface area contributed by atoms with Crippen LogP contribution in [0.15, 0.2) is 0 Å². The summed E-state index contributed by atoms with van der Waals surface area (Å²) in [4.78, 5) is 0. The normalized spacial score (nSPS) is 7.25. The molecule has 0 spiro atoms. The molecule has 0 aromatic heterocycles. The van der Waals surface area contributed by atoms with Gasteiger partial charge in [0.25, 0.3) is 0 Å². The predicted octanol–water partition coefficient (Wildman–Crippen LogP) is -7.98. The Morgan fingerprint density at radius 2 is 1.00 bits per heavy atom. The van der Waals surface area contributed by atoms with Crippen molar-refractivity contribution in [2.45, 2.75) is 0 Å². The molecule has 0 aliphatic heterocycles. The quantitative estimate of drug-likeness (QED) is 0.203. The van der Waals surface area contributed by atoms with Crippen molar-refractivity contribution in [1.29, 1.82) is 0 Å². The van der Waals surface area contributed by atoms with Gasteiger partial charge >= 0.3 is 88.7 Å². The first-order valence-corrected chi connectivity index (χ1v) is 2.00. The van der Waals surface area contributed by atoms with E-state index in [0.717, 1.165) is 0 Å². The second-order valence-electron chi connectivity index (χ2n) is 0.408. The fraction of sp³-hybridized carbons (Fsp3) is 0. The van der Waals surface area contributed by atoms with Gasteiger partial charge in [0.2, 0.25) is 0 Å². The Morgan fingerprint density at radius 3 is 1.00 bits per heavy atom. The fourth-order valence-electron chi connectivity index (χ4n) is 0. The summed E-state index contributed by atoms with van der Waals surface area (Å²) in [6.45, 7) is 0. The molecule has 0 fully saturated rings. The van der Waals surface area contributed by atoms with Crippen molar-refractivity contribution in [3.05, 3.63) is 0 Å². The molecule has 0 rings (SSSR count). The van der Waals surface area contributed by atoms with Crippen molar-refractivity contribution in [3.63, 3.8) is 0 Å². The fourth-order valence-corrected chi connectivity index (χ4v) is 0. The van der Waals surface area contributed by atoms with Gasteiger partial charge in [-0.3, -0.25) is 8.42 Å². The zero-order valence-corrected chi connectivity index (χ0v) is 8.86. The van der Waals surface area contributed by atoms with Gasteiger partial charge in [0.05, 0.1) is 0 Å². The third kappa shape index (κ3) is 66.7. The van der Waals surface area contributed by atoms with E-state index in [-0.39, 0.29) is 88.7 Å². The topological polar surface area (TPSA) is 80.3 Å². The molecule has 0 atom stereocenters. The summed E-state index contributed by atoms with van der Waals surface area (Å²) in [5.74, 6) is 0. The summed E-state index contributed by atoms with van der Waals surface area (Å²) in [5, 5.41) is 0. The van der Waals surface area contributed by atoms with Crippen LogP contribution in [-0.4, -0.2) is 47.1 Å². The molecule has 8 heteroatoms. The van der Waals surface area contributed by atoms with Crippen LogP contribution in [0.25, 0.3) is 0 Å². The summed E-state index contributed by atoms with van der Waals surface area (Å²) in [6.07, 6.45) is 0.